The summed E-state index contributed by atoms with van der Waals surface area (Å²) in [6, 6.07) is 3.94. The monoisotopic (exact) mass is 439 g/mol. The lowest BCUT2D eigenvalue weighted by Gasteiger charge is -2.32. The number of benzene rings is 1. The molecule has 7 nitrogen and oxygen atoms in total. The molecule has 0 aromatic heterocycles. The summed E-state index contributed by atoms with van der Waals surface area (Å²) in [5.41, 5.74) is 1.45. The van der Waals surface area contributed by atoms with Crippen LogP contribution in [0.2, 0.25) is 5.02 Å². The second kappa shape index (κ2) is 7.47. The molecule has 3 heterocycles. The number of carbonyl (C=O) groups excluding carboxylic acids is 2. The molecule has 0 bridgehead atoms. The first kappa shape index (κ1) is 20.5. The fourth-order valence-corrected chi connectivity index (χ4v) is 6.62. The molecule has 9 heteroatoms. The summed E-state index contributed by atoms with van der Waals surface area (Å²) < 4.78 is 24.7. The number of halogens is 1. The number of hydrogen-bond donors (Lipinski definition) is 0. The van der Waals surface area contributed by atoms with Gasteiger partial charge in [0.2, 0.25) is 5.91 Å². The topological polar surface area (TPSA) is 78.0 Å². The maximum Gasteiger partial charge on any atom is 0.325 e. The van der Waals surface area contributed by atoms with Crippen molar-refractivity contribution >= 4 is 39.1 Å². The minimum absolute atomic E-state index is 0.0833. The molecule has 0 saturated carbocycles. The van der Waals surface area contributed by atoms with Crippen LogP contribution in [0.5, 0.6) is 0 Å². The number of sulfone groups is 1. The number of aryl methyl sites for hydroxylation is 1. The highest BCUT2D eigenvalue weighted by Crippen LogP contribution is 2.36. The Hall–Kier alpha value is -1.80. The van der Waals surface area contributed by atoms with Gasteiger partial charge in [-0.05, 0) is 43.4 Å². The Morgan fingerprint density at radius 1 is 1.17 bits per heavy atom. The first-order chi connectivity index (χ1) is 13.7. The van der Waals surface area contributed by atoms with E-state index < -0.39 is 21.9 Å². The van der Waals surface area contributed by atoms with Crippen molar-refractivity contribution in [3.05, 3.63) is 28.8 Å². The van der Waals surface area contributed by atoms with Crippen LogP contribution in [0.3, 0.4) is 0 Å². The number of likely N-dealkylation sites (tertiary alicyclic amines) is 1. The smallest absolute Gasteiger partial charge is 0.325 e. The van der Waals surface area contributed by atoms with E-state index in [1.54, 1.807) is 17.0 Å². The molecule has 3 aliphatic heterocycles. The highest BCUT2D eigenvalue weighted by atomic mass is 35.5. The van der Waals surface area contributed by atoms with Crippen LogP contribution >= 0.6 is 11.6 Å². The van der Waals surface area contributed by atoms with Crippen molar-refractivity contribution in [1.82, 2.24) is 9.80 Å². The molecule has 3 saturated heterocycles. The summed E-state index contributed by atoms with van der Waals surface area (Å²) in [6.45, 7) is 5.33. The van der Waals surface area contributed by atoms with Gasteiger partial charge in [0.1, 0.15) is 6.54 Å². The summed E-state index contributed by atoms with van der Waals surface area (Å²) >= 11 is 6.24. The number of anilines is 1. The SMILES string of the molecule is Cc1ccc(N2C(=O)N(CC(=O)N3CCC(C)CC3)[C@@H]3CS(=O)(=O)C[C@@H]32)cc1Cl. The van der Waals surface area contributed by atoms with Gasteiger partial charge in [-0.25, -0.2) is 13.2 Å². The summed E-state index contributed by atoms with van der Waals surface area (Å²) in [6.07, 6.45) is 1.90. The predicted molar refractivity (Wildman–Crippen MR) is 112 cm³/mol. The lowest BCUT2D eigenvalue weighted by Crippen LogP contribution is -2.47. The molecule has 0 N–H and O–H groups in total. The largest absolute Gasteiger partial charge is 0.341 e. The van der Waals surface area contributed by atoms with Gasteiger partial charge in [0, 0.05) is 23.8 Å². The van der Waals surface area contributed by atoms with Gasteiger partial charge in [-0.15, -0.1) is 0 Å². The van der Waals surface area contributed by atoms with Gasteiger partial charge in [-0.1, -0.05) is 24.6 Å². The van der Waals surface area contributed by atoms with Crippen molar-refractivity contribution in [2.45, 2.75) is 38.8 Å². The highest BCUT2D eigenvalue weighted by molar-refractivity contribution is 7.91. The normalized spacial score (nSPS) is 26.9. The predicted octanol–water partition coefficient (Wildman–Crippen LogP) is 2.31. The van der Waals surface area contributed by atoms with Gasteiger partial charge in [0.15, 0.2) is 9.84 Å². The Balaban J connectivity index is 1.60. The average Bonchev–Trinajstić information content (AvgIpc) is 3.09. The summed E-state index contributed by atoms with van der Waals surface area (Å²) in [4.78, 5) is 30.8. The molecule has 0 unspecified atom stereocenters. The van der Waals surface area contributed by atoms with Crippen LogP contribution in [0.15, 0.2) is 18.2 Å². The quantitative estimate of drug-likeness (QED) is 0.677. The van der Waals surface area contributed by atoms with E-state index in [1.165, 1.54) is 9.80 Å². The van der Waals surface area contributed by atoms with Gasteiger partial charge in [0.25, 0.3) is 0 Å². The number of urea groups is 1. The van der Waals surface area contributed by atoms with E-state index >= 15 is 0 Å². The van der Waals surface area contributed by atoms with Crippen LogP contribution in [0, 0.1) is 12.8 Å². The first-order valence-corrected chi connectivity index (χ1v) is 12.2. The van der Waals surface area contributed by atoms with E-state index in [0.717, 1.165) is 18.4 Å². The molecule has 3 amide bonds. The van der Waals surface area contributed by atoms with Crippen LogP contribution in [0.4, 0.5) is 10.5 Å². The summed E-state index contributed by atoms with van der Waals surface area (Å²) in [5, 5.41) is 0.518. The van der Waals surface area contributed by atoms with Gasteiger partial charge in [0.05, 0.1) is 23.6 Å². The van der Waals surface area contributed by atoms with Crippen molar-refractivity contribution in [3.8, 4) is 0 Å². The molecular formula is C20H26ClN3O4S. The molecule has 3 fully saturated rings. The molecule has 1 aromatic rings. The summed E-state index contributed by atoms with van der Waals surface area (Å²) in [5.74, 6) is 0.278. The van der Waals surface area contributed by atoms with E-state index in [-0.39, 0.29) is 30.0 Å². The molecule has 0 spiro atoms. The van der Waals surface area contributed by atoms with E-state index in [4.69, 9.17) is 11.6 Å². The van der Waals surface area contributed by atoms with Crippen LogP contribution in [0.25, 0.3) is 0 Å². The summed E-state index contributed by atoms with van der Waals surface area (Å²) in [7, 11) is -3.28. The van der Waals surface area contributed by atoms with Crippen LogP contribution in [-0.2, 0) is 14.6 Å². The zero-order valence-electron chi connectivity index (χ0n) is 16.7. The first-order valence-electron chi connectivity index (χ1n) is 10.0. The third-order valence-corrected chi connectivity index (χ3v) is 8.46. The van der Waals surface area contributed by atoms with E-state index in [1.807, 2.05) is 13.0 Å². The maximum atomic E-state index is 13.2. The van der Waals surface area contributed by atoms with E-state index in [0.29, 0.717) is 29.7 Å². The second-order valence-corrected chi connectivity index (χ2v) is 11.0. The Labute approximate surface area is 176 Å². The van der Waals surface area contributed by atoms with Crippen LogP contribution < -0.4 is 4.90 Å². The van der Waals surface area contributed by atoms with Crippen molar-refractivity contribution in [1.29, 1.82) is 0 Å². The minimum Gasteiger partial charge on any atom is -0.341 e. The average molecular weight is 440 g/mol. The fraction of sp³-hybridized carbons (Fsp3) is 0.600. The number of amides is 3. The van der Waals surface area contributed by atoms with Crippen LogP contribution in [-0.4, -0.2) is 73.4 Å². The molecule has 158 valence electrons. The third kappa shape index (κ3) is 3.84. The third-order valence-electron chi connectivity index (χ3n) is 6.35. The van der Waals surface area contributed by atoms with E-state index in [9.17, 15) is 18.0 Å². The van der Waals surface area contributed by atoms with Gasteiger partial charge in [-0.2, -0.15) is 0 Å². The van der Waals surface area contributed by atoms with E-state index in [2.05, 4.69) is 6.92 Å². The van der Waals surface area contributed by atoms with Crippen molar-refractivity contribution in [2.24, 2.45) is 5.92 Å². The Morgan fingerprint density at radius 3 is 2.48 bits per heavy atom. The lowest BCUT2D eigenvalue weighted by atomic mass is 9.99. The number of nitrogens with zero attached hydrogens (tertiary/aromatic N) is 3. The number of hydrogen-bond acceptors (Lipinski definition) is 4. The highest BCUT2D eigenvalue weighted by Gasteiger charge is 2.54. The second-order valence-electron chi connectivity index (χ2n) is 8.49. The van der Waals surface area contributed by atoms with Crippen molar-refractivity contribution < 1.29 is 18.0 Å². The van der Waals surface area contributed by atoms with Gasteiger partial charge in [-0.3, -0.25) is 9.69 Å². The molecule has 2 atom stereocenters. The lowest BCUT2D eigenvalue weighted by molar-refractivity contribution is -0.133. The molecule has 4 rings (SSSR count). The zero-order chi connectivity index (χ0) is 20.9. The zero-order valence-corrected chi connectivity index (χ0v) is 18.2. The Morgan fingerprint density at radius 2 is 1.83 bits per heavy atom. The fourth-order valence-electron chi connectivity index (χ4n) is 4.50. The van der Waals surface area contributed by atoms with Gasteiger partial charge < -0.3 is 9.80 Å². The Kier molecular flexibility index (Phi) is 5.27. The number of fused-ring (bicyclic) bond motifs is 1. The number of rotatable bonds is 3. The number of piperidine rings is 1. The van der Waals surface area contributed by atoms with Crippen molar-refractivity contribution in [2.75, 3.05) is 36.0 Å². The molecule has 0 radical (unpaired) electrons. The molecule has 1 aromatic carbocycles. The molecule has 3 aliphatic rings. The van der Waals surface area contributed by atoms with Crippen LogP contribution in [0.1, 0.15) is 25.3 Å². The van der Waals surface area contributed by atoms with Gasteiger partial charge >= 0.3 is 6.03 Å². The molecular weight excluding hydrogens is 414 g/mol. The standard InChI is InChI=1S/C20H26ClN3O4S/c1-13-5-7-22(8-6-13)19(25)10-23-17-11-29(27,28)12-18(17)24(20(23)26)15-4-3-14(2)16(21)9-15/h3-4,9,13,17-18H,5-8,10-12H2,1-2H3/t17-,18+/m1/s1. The maximum absolute atomic E-state index is 13.2. The minimum atomic E-state index is -3.28. The number of carbonyl (C=O) groups is 2. The Bertz CT molecular complexity index is 943. The molecule has 0 aliphatic carbocycles. The van der Waals surface area contributed by atoms with Crippen molar-refractivity contribution in [3.63, 3.8) is 0 Å². The molecule has 29 heavy (non-hydrogen) atoms.